The maximum atomic E-state index is 14.7. The van der Waals surface area contributed by atoms with Gasteiger partial charge in [0.1, 0.15) is 0 Å². The second-order valence-electron chi connectivity index (χ2n) is 10.1. The van der Waals surface area contributed by atoms with E-state index in [9.17, 15) is 9.18 Å². The van der Waals surface area contributed by atoms with Gasteiger partial charge in [0, 0.05) is 10.8 Å². The SMILES string of the molecule is CCCCCCCCCC1CCC(c2ccc3c(c2)c(=O)oc2c(F)c(CC)ccc23)CC1. The van der Waals surface area contributed by atoms with Gasteiger partial charge >= 0.3 is 5.63 Å². The molecule has 4 rings (SSSR count). The molecule has 0 saturated heterocycles. The Morgan fingerprint density at radius 2 is 1.55 bits per heavy atom. The quantitative estimate of drug-likeness (QED) is 0.175. The first kappa shape index (κ1) is 24.0. The summed E-state index contributed by atoms with van der Waals surface area (Å²) in [5.41, 5.74) is 1.47. The van der Waals surface area contributed by atoms with Crippen LogP contribution in [0, 0.1) is 11.7 Å². The zero-order valence-electron chi connectivity index (χ0n) is 20.4. The summed E-state index contributed by atoms with van der Waals surface area (Å²) in [5.74, 6) is 0.966. The first-order valence-corrected chi connectivity index (χ1v) is 13.3. The largest absolute Gasteiger partial charge is 0.419 e. The van der Waals surface area contributed by atoms with Crippen LogP contribution in [-0.2, 0) is 6.42 Å². The molecule has 1 heterocycles. The molecule has 0 bridgehead atoms. The molecule has 1 saturated carbocycles. The van der Waals surface area contributed by atoms with Gasteiger partial charge in [-0.25, -0.2) is 9.18 Å². The molecule has 0 amide bonds. The molecule has 0 atom stereocenters. The van der Waals surface area contributed by atoms with Crippen LogP contribution in [0.1, 0.15) is 108 Å². The van der Waals surface area contributed by atoms with Crippen LogP contribution >= 0.6 is 0 Å². The normalized spacial score (nSPS) is 18.9. The molecule has 1 aliphatic carbocycles. The highest BCUT2D eigenvalue weighted by Gasteiger charge is 2.23. The van der Waals surface area contributed by atoms with E-state index in [-0.39, 0.29) is 5.58 Å². The standard InChI is InChI=1S/C30H39FO2/c1-3-5-6-7-8-9-10-11-21-12-14-23(15-13-21)24-17-18-25-26-19-16-22(4-2)28(31)29(26)33-30(32)27(25)20-24/h16-21,23H,3-15H2,1-2H3. The Hall–Kier alpha value is -2.16. The van der Waals surface area contributed by atoms with Crippen molar-refractivity contribution in [2.75, 3.05) is 0 Å². The van der Waals surface area contributed by atoms with Gasteiger partial charge in [0.25, 0.3) is 0 Å². The summed E-state index contributed by atoms with van der Waals surface area (Å²) in [6, 6.07) is 9.84. The van der Waals surface area contributed by atoms with E-state index in [1.54, 1.807) is 6.07 Å². The molecule has 0 aliphatic heterocycles. The van der Waals surface area contributed by atoms with Gasteiger partial charge < -0.3 is 4.42 Å². The number of hydrogen-bond donors (Lipinski definition) is 0. The van der Waals surface area contributed by atoms with E-state index in [1.807, 2.05) is 25.1 Å². The van der Waals surface area contributed by atoms with E-state index >= 15 is 0 Å². The van der Waals surface area contributed by atoms with Crippen LogP contribution in [0.15, 0.2) is 39.5 Å². The molecular formula is C30H39FO2. The van der Waals surface area contributed by atoms with Gasteiger partial charge in [0.15, 0.2) is 11.4 Å². The Kier molecular flexibility index (Phi) is 8.22. The lowest BCUT2D eigenvalue weighted by atomic mass is 9.76. The Morgan fingerprint density at radius 1 is 0.848 bits per heavy atom. The van der Waals surface area contributed by atoms with E-state index < -0.39 is 11.4 Å². The number of hydrogen-bond acceptors (Lipinski definition) is 2. The molecule has 0 spiro atoms. The molecule has 178 valence electrons. The van der Waals surface area contributed by atoms with Crippen molar-refractivity contribution < 1.29 is 8.81 Å². The monoisotopic (exact) mass is 450 g/mol. The summed E-state index contributed by atoms with van der Waals surface area (Å²) in [6.07, 6.45) is 16.6. The molecule has 1 fully saturated rings. The molecule has 3 heteroatoms. The highest BCUT2D eigenvalue weighted by molar-refractivity contribution is 6.04. The fourth-order valence-electron chi connectivity index (χ4n) is 5.72. The van der Waals surface area contributed by atoms with Crippen LogP contribution in [0.25, 0.3) is 21.7 Å². The minimum atomic E-state index is -0.431. The highest BCUT2D eigenvalue weighted by atomic mass is 19.1. The van der Waals surface area contributed by atoms with Crippen molar-refractivity contribution in [2.24, 2.45) is 5.92 Å². The third-order valence-electron chi connectivity index (χ3n) is 7.84. The van der Waals surface area contributed by atoms with Crippen molar-refractivity contribution in [3.8, 4) is 0 Å². The average molecular weight is 451 g/mol. The van der Waals surface area contributed by atoms with Crippen LogP contribution in [0.2, 0.25) is 0 Å². The van der Waals surface area contributed by atoms with E-state index in [1.165, 1.54) is 82.6 Å². The van der Waals surface area contributed by atoms with Gasteiger partial charge in [-0.2, -0.15) is 0 Å². The number of aryl methyl sites for hydroxylation is 1. The molecule has 3 aromatic rings. The summed E-state index contributed by atoms with van der Waals surface area (Å²) in [4.78, 5) is 12.7. The predicted octanol–water partition coefficient (Wildman–Crippen LogP) is 9.06. The number of halogens is 1. The number of unbranched alkanes of at least 4 members (excludes halogenated alkanes) is 6. The third kappa shape index (κ3) is 5.50. The van der Waals surface area contributed by atoms with Crippen LogP contribution in [0.5, 0.6) is 0 Å². The third-order valence-corrected chi connectivity index (χ3v) is 7.84. The highest BCUT2D eigenvalue weighted by Crippen LogP contribution is 2.39. The molecule has 2 aromatic carbocycles. The van der Waals surface area contributed by atoms with Crippen molar-refractivity contribution in [3.05, 3.63) is 57.7 Å². The molecule has 2 nitrogen and oxygen atoms in total. The van der Waals surface area contributed by atoms with Crippen molar-refractivity contribution in [1.29, 1.82) is 0 Å². The van der Waals surface area contributed by atoms with Crippen molar-refractivity contribution in [1.82, 2.24) is 0 Å². The smallest absolute Gasteiger partial charge is 0.344 e. The van der Waals surface area contributed by atoms with E-state index in [0.29, 0.717) is 28.7 Å². The maximum Gasteiger partial charge on any atom is 0.344 e. The summed E-state index contributed by atoms with van der Waals surface area (Å²) >= 11 is 0. The Labute approximate surface area is 197 Å². The zero-order chi connectivity index (χ0) is 23.2. The summed E-state index contributed by atoms with van der Waals surface area (Å²) in [5, 5.41) is 2.05. The Bertz CT molecular complexity index is 1120. The second-order valence-corrected chi connectivity index (χ2v) is 10.1. The fourth-order valence-corrected chi connectivity index (χ4v) is 5.72. The molecular weight excluding hydrogens is 411 g/mol. The van der Waals surface area contributed by atoms with Crippen molar-refractivity contribution in [3.63, 3.8) is 0 Å². The Balaban J connectivity index is 1.39. The molecule has 0 N–H and O–H groups in total. The topological polar surface area (TPSA) is 30.2 Å². The van der Waals surface area contributed by atoms with E-state index in [2.05, 4.69) is 13.0 Å². The Morgan fingerprint density at radius 3 is 2.27 bits per heavy atom. The lowest BCUT2D eigenvalue weighted by Crippen LogP contribution is -2.14. The van der Waals surface area contributed by atoms with Crippen molar-refractivity contribution in [2.45, 2.75) is 103 Å². The molecule has 1 aromatic heterocycles. The minimum absolute atomic E-state index is 0.0884. The second kappa shape index (κ2) is 11.3. The number of rotatable bonds is 10. The van der Waals surface area contributed by atoms with Gasteiger partial charge in [-0.1, -0.05) is 89.5 Å². The molecule has 33 heavy (non-hydrogen) atoms. The fraction of sp³-hybridized carbons (Fsp3) is 0.567. The maximum absolute atomic E-state index is 14.7. The zero-order valence-corrected chi connectivity index (χ0v) is 20.4. The van der Waals surface area contributed by atoms with E-state index in [0.717, 1.165) is 11.3 Å². The van der Waals surface area contributed by atoms with Crippen molar-refractivity contribution >= 4 is 21.7 Å². The lowest BCUT2D eigenvalue weighted by Gasteiger charge is -2.29. The summed E-state index contributed by atoms with van der Waals surface area (Å²) in [7, 11) is 0. The first-order valence-electron chi connectivity index (χ1n) is 13.3. The van der Waals surface area contributed by atoms with Gasteiger partial charge in [-0.05, 0) is 61.1 Å². The molecule has 1 aliphatic rings. The predicted molar refractivity (Wildman–Crippen MR) is 137 cm³/mol. The molecule has 0 radical (unpaired) electrons. The minimum Gasteiger partial charge on any atom is -0.419 e. The number of benzene rings is 2. The van der Waals surface area contributed by atoms with Gasteiger partial charge in [0.05, 0.1) is 5.39 Å². The van der Waals surface area contributed by atoms with Gasteiger partial charge in [0.2, 0.25) is 0 Å². The lowest BCUT2D eigenvalue weighted by molar-refractivity contribution is 0.302. The van der Waals surface area contributed by atoms with Crippen LogP contribution in [0.4, 0.5) is 4.39 Å². The van der Waals surface area contributed by atoms with Gasteiger partial charge in [-0.15, -0.1) is 0 Å². The van der Waals surface area contributed by atoms with Crippen LogP contribution < -0.4 is 5.63 Å². The van der Waals surface area contributed by atoms with Gasteiger partial charge in [-0.3, -0.25) is 0 Å². The summed E-state index contributed by atoms with van der Waals surface area (Å²) in [6.45, 7) is 4.17. The van der Waals surface area contributed by atoms with E-state index in [4.69, 9.17) is 4.42 Å². The van der Waals surface area contributed by atoms with Crippen LogP contribution in [0.3, 0.4) is 0 Å². The first-order chi connectivity index (χ1) is 16.1. The summed E-state index contributed by atoms with van der Waals surface area (Å²) < 4.78 is 20.2. The molecule has 0 unspecified atom stereocenters. The van der Waals surface area contributed by atoms with Crippen LogP contribution in [-0.4, -0.2) is 0 Å². The number of fused-ring (bicyclic) bond motifs is 3. The average Bonchev–Trinajstić information content (AvgIpc) is 2.84.